The van der Waals surface area contributed by atoms with Gasteiger partial charge in [0.15, 0.2) is 0 Å². The zero-order valence-corrected chi connectivity index (χ0v) is 13.4. The van der Waals surface area contributed by atoms with Gasteiger partial charge in [0.05, 0.1) is 11.2 Å². The second kappa shape index (κ2) is 4.93. The van der Waals surface area contributed by atoms with Crippen LogP contribution in [0.15, 0.2) is 72.9 Å². The van der Waals surface area contributed by atoms with Crippen molar-refractivity contribution in [2.45, 2.75) is 6.92 Å². The van der Waals surface area contributed by atoms with Crippen molar-refractivity contribution in [2.75, 3.05) is 0 Å². The molecule has 2 heteroatoms. The van der Waals surface area contributed by atoms with Gasteiger partial charge in [-0.2, -0.15) is 0 Å². The maximum absolute atomic E-state index is 4.72. The summed E-state index contributed by atoms with van der Waals surface area (Å²) in [6.45, 7) is 2.16. The first-order valence-corrected chi connectivity index (χ1v) is 8.17. The minimum Gasteiger partial charge on any atom is -0.353 e. The number of hydrogen-bond donors (Lipinski definition) is 1. The monoisotopic (exact) mass is 308 g/mol. The van der Waals surface area contributed by atoms with Gasteiger partial charge >= 0.3 is 0 Å². The van der Waals surface area contributed by atoms with Gasteiger partial charge in [-0.15, -0.1) is 0 Å². The lowest BCUT2D eigenvalue weighted by Crippen LogP contribution is -1.87. The van der Waals surface area contributed by atoms with Crippen LogP contribution in [0.4, 0.5) is 0 Å². The first-order chi connectivity index (χ1) is 11.8. The number of rotatable bonds is 1. The zero-order valence-electron chi connectivity index (χ0n) is 13.4. The summed E-state index contributed by atoms with van der Waals surface area (Å²) in [5, 5.41) is 4.99. The van der Waals surface area contributed by atoms with Crippen molar-refractivity contribution in [3.63, 3.8) is 0 Å². The van der Waals surface area contributed by atoms with Crippen molar-refractivity contribution in [1.29, 1.82) is 0 Å². The van der Waals surface area contributed by atoms with E-state index in [2.05, 4.69) is 78.6 Å². The molecule has 0 aliphatic heterocycles. The lowest BCUT2D eigenvalue weighted by atomic mass is 10.00. The highest BCUT2D eigenvalue weighted by Crippen LogP contribution is 2.35. The van der Waals surface area contributed by atoms with E-state index in [0.717, 1.165) is 11.2 Å². The number of H-pyrrole nitrogens is 1. The zero-order chi connectivity index (χ0) is 16.1. The van der Waals surface area contributed by atoms with E-state index in [1.165, 1.54) is 38.2 Å². The molecule has 0 radical (unpaired) electrons. The molecule has 24 heavy (non-hydrogen) atoms. The van der Waals surface area contributed by atoms with E-state index in [-0.39, 0.29) is 0 Å². The van der Waals surface area contributed by atoms with Crippen LogP contribution in [0.2, 0.25) is 0 Å². The number of aromatic amines is 1. The Kier molecular flexibility index (Phi) is 2.74. The smallest absolute Gasteiger partial charge is 0.0949 e. The van der Waals surface area contributed by atoms with Gasteiger partial charge in [-0.3, -0.25) is 4.98 Å². The van der Waals surface area contributed by atoms with Crippen molar-refractivity contribution in [3.8, 4) is 11.3 Å². The standard InChI is InChI=1S/C22H16N2/c1-14-6-4-11-19-20(14)18-12-13-23-21(22(18)24-19)17-10-5-8-15-7-2-3-9-16(15)17/h2-13,24H,1H3. The molecule has 0 spiro atoms. The Labute approximate surface area is 139 Å². The van der Waals surface area contributed by atoms with Crippen LogP contribution in [0.3, 0.4) is 0 Å². The Morgan fingerprint density at radius 1 is 0.792 bits per heavy atom. The highest BCUT2D eigenvalue weighted by atomic mass is 14.8. The van der Waals surface area contributed by atoms with E-state index in [1.807, 2.05) is 6.20 Å². The summed E-state index contributed by atoms with van der Waals surface area (Å²) in [5.74, 6) is 0. The molecule has 0 amide bonds. The molecule has 5 aromatic rings. The molecule has 0 fully saturated rings. The average Bonchev–Trinajstić information content (AvgIpc) is 3.01. The Hall–Kier alpha value is -3.13. The van der Waals surface area contributed by atoms with Crippen LogP contribution in [-0.4, -0.2) is 9.97 Å². The Bertz CT molecular complexity index is 1210. The fraction of sp³-hybridized carbons (Fsp3) is 0.0455. The predicted octanol–water partition coefficient (Wildman–Crippen LogP) is 5.84. The minimum absolute atomic E-state index is 1.01. The molecule has 2 aromatic heterocycles. The van der Waals surface area contributed by atoms with Gasteiger partial charge in [-0.1, -0.05) is 54.6 Å². The number of fused-ring (bicyclic) bond motifs is 4. The quantitative estimate of drug-likeness (QED) is 0.414. The Morgan fingerprint density at radius 3 is 2.58 bits per heavy atom. The molecule has 114 valence electrons. The molecule has 0 unspecified atom stereocenters. The minimum atomic E-state index is 1.01. The summed E-state index contributed by atoms with van der Waals surface area (Å²) in [4.78, 5) is 8.31. The van der Waals surface area contributed by atoms with E-state index in [0.29, 0.717) is 0 Å². The summed E-state index contributed by atoms with van der Waals surface area (Å²) < 4.78 is 0. The molecule has 0 aliphatic rings. The van der Waals surface area contributed by atoms with Gasteiger partial charge < -0.3 is 4.98 Å². The molecule has 0 atom stereocenters. The number of aromatic nitrogens is 2. The van der Waals surface area contributed by atoms with Crippen LogP contribution in [0.1, 0.15) is 5.56 Å². The van der Waals surface area contributed by atoms with E-state index in [9.17, 15) is 0 Å². The number of hydrogen-bond acceptors (Lipinski definition) is 1. The van der Waals surface area contributed by atoms with Crippen molar-refractivity contribution < 1.29 is 0 Å². The van der Waals surface area contributed by atoms with Crippen molar-refractivity contribution >= 4 is 32.6 Å². The topological polar surface area (TPSA) is 28.7 Å². The highest BCUT2D eigenvalue weighted by molar-refractivity contribution is 6.14. The van der Waals surface area contributed by atoms with E-state index >= 15 is 0 Å². The van der Waals surface area contributed by atoms with E-state index in [1.54, 1.807) is 0 Å². The average molecular weight is 308 g/mol. The number of pyridine rings is 1. The number of nitrogens with one attached hydrogen (secondary N) is 1. The summed E-state index contributed by atoms with van der Waals surface area (Å²) in [7, 11) is 0. The second-order valence-corrected chi connectivity index (χ2v) is 6.23. The first kappa shape index (κ1) is 13.3. The van der Waals surface area contributed by atoms with Gasteiger partial charge in [-0.05, 0) is 35.4 Å². The summed E-state index contributed by atoms with van der Waals surface area (Å²) in [6.07, 6.45) is 1.92. The first-order valence-electron chi connectivity index (χ1n) is 8.17. The molecule has 2 heterocycles. The number of benzene rings is 3. The van der Waals surface area contributed by atoms with Gasteiger partial charge in [0.2, 0.25) is 0 Å². The summed E-state index contributed by atoms with van der Waals surface area (Å²) in [6, 6.07) is 23.4. The third-order valence-corrected chi connectivity index (χ3v) is 4.80. The van der Waals surface area contributed by atoms with E-state index < -0.39 is 0 Å². The van der Waals surface area contributed by atoms with Crippen LogP contribution in [0.25, 0.3) is 43.8 Å². The van der Waals surface area contributed by atoms with Crippen LogP contribution in [0, 0.1) is 6.92 Å². The highest BCUT2D eigenvalue weighted by Gasteiger charge is 2.13. The molecule has 0 aliphatic carbocycles. The third kappa shape index (κ3) is 1.80. The third-order valence-electron chi connectivity index (χ3n) is 4.80. The molecular weight excluding hydrogens is 292 g/mol. The maximum atomic E-state index is 4.72. The summed E-state index contributed by atoms with van der Waals surface area (Å²) >= 11 is 0. The Morgan fingerprint density at radius 2 is 1.62 bits per heavy atom. The molecule has 2 nitrogen and oxygen atoms in total. The normalized spacial score (nSPS) is 11.5. The largest absolute Gasteiger partial charge is 0.353 e. The molecule has 1 N–H and O–H groups in total. The molecule has 0 saturated carbocycles. The molecular formula is C22H16N2. The predicted molar refractivity (Wildman–Crippen MR) is 101 cm³/mol. The second-order valence-electron chi connectivity index (χ2n) is 6.23. The van der Waals surface area contributed by atoms with Gasteiger partial charge in [-0.25, -0.2) is 0 Å². The van der Waals surface area contributed by atoms with Crippen LogP contribution < -0.4 is 0 Å². The van der Waals surface area contributed by atoms with Gasteiger partial charge in [0, 0.05) is 28.0 Å². The van der Waals surface area contributed by atoms with Crippen LogP contribution >= 0.6 is 0 Å². The van der Waals surface area contributed by atoms with E-state index in [4.69, 9.17) is 4.98 Å². The number of aryl methyl sites for hydroxylation is 1. The van der Waals surface area contributed by atoms with Gasteiger partial charge in [0.25, 0.3) is 0 Å². The van der Waals surface area contributed by atoms with Crippen molar-refractivity contribution in [3.05, 3.63) is 78.5 Å². The van der Waals surface area contributed by atoms with Crippen molar-refractivity contribution in [1.82, 2.24) is 9.97 Å². The fourth-order valence-corrected chi connectivity index (χ4v) is 3.70. The SMILES string of the molecule is Cc1cccc2[nH]c3c(-c4cccc5ccccc45)nccc3c12. The lowest BCUT2D eigenvalue weighted by Gasteiger charge is -2.07. The Balaban J connectivity index is 1.93. The van der Waals surface area contributed by atoms with Gasteiger partial charge in [0.1, 0.15) is 0 Å². The maximum Gasteiger partial charge on any atom is 0.0949 e. The fourth-order valence-electron chi connectivity index (χ4n) is 3.70. The molecule has 0 saturated heterocycles. The summed E-state index contributed by atoms with van der Waals surface area (Å²) in [5.41, 5.74) is 5.74. The molecule has 0 bridgehead atoms. The van der Waals surface area contributed by atoms with Crippen molar-refractivity contribution in [2.24, 2.45) is 0 Å². The molecule has 3 aromatic carbocycles. The van der Waals surface area contributed by atoms with Crippen LogP contribution in [0.5, 0.6) is 0 Å². The molecule has 5 rings (SSSR count). The number of nitrogens with zero attached hydrogens (tertiary/aromatic N) is 1. The lowest BCUT2D eigenvalue weighted by molar-refractivity contribution is 1.35. The van der Waals surface area contributed by atoms with Crippen LogP contribution in [-0.2, 0) is 0 Å².